The number of aromatic nitrogens is 5. The molecule has 2 N–H and O–H groups in total. The normalized spacial score (nSPS) is 14.7. The number of rotatable bonds is 5. The van der Waals surface area contributed by atoms with Gasteiger partial charge in [-0.2, -0.15) is 5.10 Å². The fraction of sp³-hybridized carbons (Fsp3) is 0.278. The van der Waals surface area contributed by atoms with Crippen LogP contribution in [-0.4, -0.2) is 30.6 Å². The maximum Gasteiger partial charge on any atom is 0.231 e. The summed E-state index contributed by atoms with van der Waals surface area (Å²) in [6.07, 6.45) is 8.80. The Morgan fingerprint density at radius 1 is 1.19 bits per heavy atom. The molecule has 1 aliphatic rings. The second-order valence-corrected chi connectivity index (χ2v) is 6.74. The number of carbonyl (C=O) groups is 1. The zero-order valence-corrected chi connectivity index (χ0v) is 14.6. The zero-order chi connectivity index (χ0) is 18.1. The molecule has 4 rings (SSSR count). The second kappa shape index (κ2) is 6.21. The molecule has 26 heavy (non-hydrogen) atoms. The number of anilines is 3. The number of carbonyl (C=O) groups excluding carboxylic acids is 1. The summed E-state index contributed by atoms with van der Waals surface area (Å²) >= 11 is 0. The van der Waals surface area contributed by atoms with E-state index >= 15 is 0 Å². The van der Waals surface area contributed by atoms with E-state index in [1.54, 1.807) is 29.3 Å². The van der Waals surface area contributed by atoms with Gasteiger partial charge < -0.3 is 10.6 Å². The number of aryl methyl sites for hydroxylation is 1. The molecule has 0 aliphatic heterocycles. The molecule has 1 fully saturated rings. The quantitative estimate of drug-likeness (QED) is 0.735. The van der Waals surface area contributed by atoms with Crippen LogP contribution in [0.15, 0.2) is 43.0 Å². The van der Waals surface area contributed by atoms with Crippen molar-refractivity contribution in [3.05, 3.63) is 43.0 Å². The van der Waals surface area contributed by atoms with Crippen molar-refractivity contribution in [1.29, 1.82) is 0 Å². The highest BCUT2D eigenvalue weighted by molar-refractivity contribution is 5.96. The molecule has 132 valence electrons. The predicted molar refractivity (Wildman–Crippen MR) is 97.7 cm³/mol. The average Bonchev–Trinajstić information content (AvgIpc) is 3.27. The van der Waals surface area contributed by atoms with Gasteiger partial charge in [0, 0.05) is 36.6 Å². The van der Waals surface area contributed by atoms with Crippen LogP contribution in [0.25, 0.3) is 11.3 Å². The number of nitrogens with zero attached hydrogens (tertiary/aromatic N) is 5. The molecule has 0 unspecified atom stereocenters. The van der Waals surface area contributed by atoms with Crippen LogP contribution in [0.1, 0.15) is 19.8 Å². The van der Waals surface area contributed by atoms with E-state index < -0.39 is 0 Å². The lowest BCUT2D eigenvalue weighted by Crippen LogP contribution is -2.21. The highest BCUT2D eigenvalue weighted by Gasteiger charge is 2.44. The third kappa shape index (κ3) is 3.39. The molecule has 3 heterocycles. The Morgan fingerprint density at radius 3 is 2.69 bits per heavy atom. The minimum Gasteiger partial charge on any atom is -0.321 e. The van der Waals surface area contributed by atoms with E-state index in [2.05, 4.69) is 30.7 Å². The Hall–Kier alpha value is -3.29. The molecule has 1 amide bonds. The van der Waals surface area contributed by atoms with Crippen molar-refractivity contribution in [2.45, 2.75) is 19.8 Å². The van der Waals surface area contributed by atoms with Gasteiger partial charge in [0.15, 0.2) is 0 Å². The van der Waals surface area contributed by atoms with Crippen LogP contribution in [0.3, 0.4) is 0 Å². The largest absolute Gasteiger partial charge is 0.321 e. The first-order valence-corrected chi connectivity index (χ1v) is 8.38. The van der Waals surface area contributed by atoms with E-state index in [1.807, 2.05) is 32.3 Å². The molecule has 3 aromatic rings. The fourth-order valence-electron chi connectivity index (χ4n) is 2.50. The molecule has 1 aliphatic carbocycles. The lowest BCUT2D eigenvalue weighted by molar-refractivity contribution is -0.120. The molecule has 3 aromatic heterocycles. The van der Waals surface area contributed by atoms with Crippen LogP contribution in [0, 0.1) is 5.41 Å². The van der Waals surface area contributed by atoms with Gasteiger partial charge in [-0.1, -0.05) is 6.92 Å². The molecule has 8 heteroatoms. The number of pyridine rings is 1. The van der Waals surface area contributed by atoms with Crippen molar-refractivity contribution in [2.75, 3.05) is 10.6 Å². The van der Waals surface area contributed by atoms with Gasteiger partial charge in [-0.05, 0) is 31.0 Å². The summed E-state index contributed by atoms with van der Waals surface area (Å²) in [6.45, 7) is 1.97. The van der Waals surface area contributed by atoms with E-state index in [-0.39, 0.29) is 11.3 Å². The molecule has 0 atom stereocenters. The van der Waals surface area contributed by atoms with Gasteiger partial charge in [-0.15, -0.1) is 0 Å². The van der Waals surface area contributed by atoms with Crippen LogP contribution in [0.2, 0.25) is 0 Å². The number of hydrogen-bond acceptors (Lipinski definition) is 6. The first kappa shape index (κ1) is 16.2. The van der Waals surface area contributed by atoms with Gasteiger partial charge in [0.2, 0.25) is 11.9 Å². The summed E-state index contributed by atoms with van der Waals surface area (Å²) < 4.78 is 1.70. The SMILES string of the molecule is Cn1cc(Nc2nccc(-c3ccc(NC(=O)C4(C)CC4)nc3)n2)cn1. The summed E-state index contributed by atoms with van der Waals surface area (Å²) in [6, 6.07) is 5.48. The van der Waals surface area contributed by atoms with Gasteiger partial charge in [-0.25, -0.2) is 15.0 Å². The first-order chi connectivity index (χ1) is 12.5. The third-order valence-corrected chi connectivity index (χ3v) is 4.47. The number of amides is 1. The van der Waals surface area contributed by atoms with Crippen molar-refractivity contribution in [3.63, 3.8) is 0 Å². The highest BCUT2D eigenvalue weighted by Crippen LogP contribution is 2.45. The second-order valence-electron chi connectivity index (χ2n) is 6.74. The fourth-order valence-corrected chi connectivity index (χ4v) is 2.50. The van der Waals surface area contributed by atoms with E-state index in [0.717, 1.165) is 29.8 Å². The summed E-state index contributed by atoms with van der Waals surface area (Å²) in [7, 11) is 1.85. The van der Waals surface area contributed by atoms with Gasteiger partial charge >= 0.3 is 0 Å². The minimum absolute atomic E-state index is 0.0303. The molecular formula is C18H19N7O. The Labute approximate surface area is 150 Å². The van der Waals surface area contributed by atoms with Gasteiger partial charge in [0.05, 0.1) is 17.6 Å². The Bertz CT molecular complexity index is 944. The van der Waals surface area contributed by atoms with Crippen LogP contribution in [-0.2, 0) is 11.8 Å². The van der Waals surface area contributed by atoms with E-state index in [1.165, 1.54) is 0 Å². The van der Waals surface area contributed by atoms with Crippen molar-refractivity contribution in [2.24, 2.45) is 12.5 Å². The lowest BCUT2D eigenvalue weighted by Gasteiger charge is -2.09. The van der Waals surface area contributed by atoms with Crippen molar-refractivity contribution >= 4 is 23.4 Å². The summed E-state index contributed by atoms with van der Waals surface area (Å²) in [5, 5.41) is 10.1. The Balaban J connectivity index is 1.48. The number of nitrogens with one attached hydrogen (secondary N) is 2. The summed E-state index contributed by atoms with van der Waals surface area (Å²) in [5.41, 5.74) is 2.18. The van der Waals surface area contributed by atoms with Crippen molar-refractivity contribution in [1.82, 2.24) is 24.7 Å². The standard InChI is InChI=1S/C18H19N7O/c1-18(6-7-18)16(26)24-15-4-3-12(9-20-15)14-5-8-19-17(23-14)22-13-10-21-25(2)11-13/h3-5,8-11H,6-7H2,1-2H3,(H,19,22,23)(H,20,24,26). The van der Waals surface area contributed by atoms with E-state index in [0.29, 0.717) is 11.8 Å². The molecule has 0 bridgehead atoms. The topological polar surface area (TPSA) is 97.6 Å². The van der Waals surface area contributed by atoms with Gasteiger partial charge in [0.1, 0.15) is 5.82 Å². The molecule has 0 aromatic carbocycles. The van der Waals surface area contributed by atoms with Crippen molar-refractivity contribution < 1.29 is 4.79 Å². The van der Waals surface area contributed by atoms with Gasteiger partial charge in [-0.3, -0.25) is 9.48 Å². The maximum absolute atomic E-state index is 12.1. The monoisotopic (exact) mass is 349 g/mol. The summed E-state index contributed by atoms with van der Waals surface area (Å²) in [4.78, 5) is 25.1. The average molecular weight is 349 g/mol. The van der Waals surface area contributed by atoms with Gasteiger partial charge in [0.25, 0.3) is 0 Å². The smallest absolute Gasteiger partial charge is 0.231 e. The van der Waals surface area contributed by atoms with Crippen LogP contribution in [0.4, 0.5) is 17.5 Å². The van der Waals surface area contributed by atoms with Crippen LogP contribution >= 0.6 is 0 Å². The Kier molecular flexibility index (Phi) is 3.87. The maximum atomic E-state index is 12.1. The molecule has 0 spiro atoms. The molecule has 1 saturated carbocycles. The van der Waals surface area contributed by atoms with E-state index in [9.17, 15) is 4.79 Å². The zero-order valence-electron chi connectivity index (χ0n) is 14.6. The first-order valence-electron chi connectivity index (χ1n) is 8.38. The Morgan fingerprint density at radius 2 is 2.04 bits per heavy atom. The molecule has 0 saturated heterocycles. The van der Waals surface area contributed by atoms with Crippen LogP contribution in [0.5, 0.6) is 0 Å². The molecular weight excluding hydrogens is 330 g/mol. The molecule has 8 nitrogen and oxygen atoms in total. The predicted octanol–water partition coefficient (Wildman–Crippen LogP) is 2.75. The highest BCUT2D eigenvalue weighted by atomic mass is 16.2. The molecule has 0 radical (unpaired) electrons. The lowest BCUT2D eigenvalue weighted by atomic mass is 10.1. The number of hydrogen-bond donors (Lipinski definition) is 2. The van der Waals surface area contributed by atoms with E-state index in [4.69, 9.17) is 0 Å². The van der Waals surface area contributed by atoms with Crippen molar-refractivity contribution in [3.8, 4) is 11.3 Å². The third-order valence-electron chi connectivity index (χ3n) is 4.47. The summed E-state index contributed by atoms with van der Waals surface area (Å²) in [5.74, 6) is 1.06. The van der Waals surface area contributed by atoms with Crippen LogP contribution < -0.4 is 10.6 Å². The minimum atomic E-state index is -0.222.